The minimum atomic E-state index is -0.221. The Morgan fingerprint density at radius 1 is 0.781 bits per heavy atom. The van der Waals surface area contributed by atoms with Crippen LogP contribution in [0.4, 0.5) is 0 Å². The van der Waals surface area contributed by atoms with Gasteiger partial charge in [-0.2, -0.15) is 0 Å². The summed E-state index contributed by atoms with van der Waals surface area (Å²) in [7, 11) is 0. The van der Waals surface area contributed by atoms with Gasteiger partial charge in [-0.15, -0.1) is 0 Å². The Balaban J connectivity index is 1.31. The molecule has 3 aromatic carbocycles. The van der Waals surface area contributed by atoms with Gasteiger partial charge in [0.2, 0.25) is 0 Å². The van der Waals surface area contributed by atoms with Crippen molar-refractivity contribution in [3.8, 4) is 11.5 Å². The molecule has 4 rings (SSSR count). The van der Waals surface area contributed by atoms with Gasteiger partial charge in [-0.05, 0) is 29.3 Å². The number of hydrogen-bond donors (Lipinski definition) is 1. The molecule has 3 aromatic rings. The zero-order valence-electron chi connectivity index (χ0n) is 17.8. The van der Waals surface area contributed by atoms with Crippen LogP contribution in [-0.2, 0) is 11.2 Å². The first-order valence-corrected chi connectivity index (χ1v) is 10.7. The third-order valence-electron chi connectivity index (χ3n) is 5.62. The highest BCUT2D eigenvalue weighted by Gasteiger charge is 2.26. The van der Waals surface area contributed by atoms with Crippen LogP contribution in [-0.4, -0.2) is 59.5 Å². The molecule has 6 nitrogen and oxygen atoms in total. The third kappa shape index (κ3) is 5.09. The number of piperazine rings is 1. The molecular formula is C26H26N2O4. The normalized spacial score (nSPS) is 13.6. The highest BCUT2D eigenvalue weighted by atomic mass is 16.5. The number of nitrogens with zero attached hydrogens (tertiary/aromatic N) is 2. The molecule has 0 atom stereocenters. The lowest BCUT2D eigenvalue weighted by Crippen LogP contribution is -2.51. The molecule has 1 N–H and O–H groups in total. The van der Waals surface area contributed by atoms with Crippen molar-refractivity contribution >= 4 is 11.8 Å². The average molecular weight is 431 g/mol. The summed E-state index contributed by atoms with van der Waals surface area (Å²) in [6.45, 7) is 1.67. The predicted molar refractivity (Wildman–Crippen MR) is 122 cm³/mol. The molecule has 164 valence electrons. The first kappa shape index (κ1) is 21.4. The number of rotatable bonds is 6. The Hall–Kier alpha value is -3.80. The summed E-state index contributed by atoms with van der Waals surface area (Å²) in [5.74, 6) is 0.354. The number of aromatic hydroxyl groups is 1. The van der Waals surface area contributed by atoms with Crippen LogP contribution in [0.5, 0.6) is 11.5 Å². The van der Waals surface area contributed by atoms with Gasteiger partial charge in [0.1, 0.15) is 11.5 Å². The van der Waals surface area contributed by atoms with Crippen LogP contribution in [0.25, 0.3) is 0 Å². The minimum absolute atomic E-state index is 0.0291. The average Bonchev–Trinajstić information content (AvgIpc) is 2.84. The van der Waals surface area contributed by atoms with E-state index in [1.54, 1.807) is 28.0 Å². The lowest BCUT2D eigenvalue weighted by Gasteiger charge is -2.34. The first-order chi connectivity index (χ1) is 15.6. The fraction of sp³-hybridized carbons (Fsp3) is 0.231. The Morgan fingerprint density at radius 3 is 2.16 bits per heavy atom. The minimum Gasteiger partial charge on any atom is -0.507 e. The molecule has 0 aromatic heterocycles. The van der Waals surface area contributed by atoms with Gasteiger partial charge in [0.15, 0.2) is 6.61 Å². The first-order valence-electron chi connectivity index (χ1n) is 10.7. The van der Waals surface area contributed by atoms with Crippen LogP contribution in [0.15, 0.2) is 78.9 Å². The molecule has 6 heteroatoms. The number of phenolic OH excluding ortho intramolecular Hbond substituents is 1. The molecule has 0 bridgehead atoms. The zero-order chi connectivity index (χ0) is 22.3. The Bertz CT molecular complexity index is 1080. The summed E-state index contributed by atoms with van der Waals surface area (Å²) >= 11 is 0. The molecule has 0 radical (unpaired) electrons. The Kier molecular flexibility index (Phi) is 6.70. The van der Waals surface area contributed by atoms with Crippen molar-refractivity contribution in [2.75, 3.05) is 32.8 Å². The number of hydrogen-bond acceptors (Lipinski definition) is 4. The lowest BCUT2D eigenvalue weighted by atomic mass is 10.0. The van der Waals surface area contributed by atoms with Crippen LogP contribution < -0.4 is 4.74 Å². The summed E-state index contributed by atoms with van der Waals surface area (Å²) in [5, 5.41) is 9.92. The monoisotopic (exact) mass is 430 g/mol. The number of amides is 2. The molecule has 0 unspecified atom stereocenters. The quantitative estimate of drug-likeness (QED) is 0.651. The Morgan fingerprint density at radius 2 is 1.41 bits per heavy atom. The van der Waals surface area contributed by atoms with Crippen molar-refractivity contribution < 1.29 is 19.4 Å². The van der Waals surface area contributed by atoms with Gasteiger partial charge >= 0.3 is 0 Å². The molecule has 0 saturated carbocycles. The molecule has 32 heavy (non-hydrogen) atoms. The van der Waals surface area contributed by atoms with Crippen LogP contribution in [0.1, 0.15) is 21.5 Å². The van der Waals surface area contributed by atoms with Crippen molar-refractivity contribution in [2.24, 2.45) is 0 Å². The Labute approximate surface area is 187 Å². The molecule has 1 aliphatic heterocycles. The van der Waals surface area contributed by atoms with Gasteiger partial charge in [-0.25, -0.2) is 0 Å². The molecule has 0 aliphatic carbocycles. The second-order valence-electron chi connectivity index (χ2n) is 7.75. The van der Waals surface area contributed by atoms with E-state index in [2.05, 4.69) is 12.1 Å². The number of ether oxygens (including phenoxy) is 1. The fourth-order valence-electron chi connectivity index (χ4n) is 3.82. The highest BCUT2D eigenvalue weighted by Crippen LogP contribution is 2.22. The maximum absolute atomic E-state index is 12.7. The SMILES string of the molecule is O=C(COc1ccccc1Cc1ccccc1)N1CCN(C(=O)c2ccccc2O)CC1. The van der Waals surface area contributed by atoms with Crippen LogP contribution in [0.2, 0.25) is 0 Å². The summed E-state index contributed by atoms with van der Waals surface area (Å²) in [6.07, 6.45) is 0.734. The molecular weight excluding hydrogens is 404 g/mol. The van der Waals surface area contributed by atoms with E-state index in [1.165, 1.54) is 11.6 Å². The van der Waals surface area contributed by atoms with Crippen molar-refractivity contribution in [1.82, 2.24) is 9.80 Å². The van der Waals surface area contributed by atoms with Crippen LogP contribution in [0, 0.1) is 0 Å². The van der Waals surface area contributed by atoms with Gasteiger partial charge in [0, 0.05) is 32.6 Å². The number of benzene rings is 3. The molecule has 2 amide bonds. The molecule has 0 spiro atoms. The highest BCUT2D eigenvalue weighted by molar-refractivity contribution is 5.97. The van der Waals surface area contributed by atoms with Crippen LogP contribution >= 0.6 is 0 Å². The summed E-state index contributed by atoms with van der Waals surface area (Å²) in [6, 6.07) is 24.4. The summed E-state index contributed by atoms with van der Waals surface area (Å²) < 4.78 is 5.88. The van der Waals surface area contributed by atoms with Crippen molar-refractivity contribution in [2.45, 2.75) is 6.42 Å². The lowest BCUT2D eigenvalue weighted by molar-refractivity contribution is -0.134. The van der Waals surface area contributed by atoms with Crippen molar-refractivity contribution in [3.05, 3.63) is 95.6 Å². The summed E-state index contributed by atoms with van der Waals surface area (Å²) in [5.41, 5.74) is 2.50. The number of carbonyl (C=O) groups excluding carboxylic acids is 2. The standard InChI is InChI=1S/C26H26N2O4/c29-23-12-6-5-11-22(23)26(31)28-16-14-27(15-17-28)25(30)19-32-24-13-7-4-10-21(24)18-20-8-2-1-3-9-20/h1-13,29H,14-19H2. The number of phenols is 1. The van der Waals surface area contributed by atoms with Crippen LogP contribution in [0.3, 0.4) is 0 Å². The smallest absolute Gasteiger partial charge is 0.260 e. The number of carbonyl (C=O) groups is 2. The van der Waals surface area contributed by atoms with Crippen molar-refractivity contribution in [3.63, 3.8) is 0 Å². The van der Waals surface area contributed by atoms with E-state index in [1.807, 2.05) is 42.5 Å². The molecule has 1 heterocycles. The second kappa shape index (κ2) is 10.0. The molecule has 1 aliphatic rings. The molecule has 1 fully saturated rings. The predicted octanol–water partition coefficient (Wildman–Crippen LogP) is 3.35. The van der Waals surface area contributed by atoms with E-state index in [0.717, 1.165) is 12.0 Å². The largest absolute Gasteiger partial charge is 0.507 e. The van der Waals surface area contributed by atoms with E-state index in [9.17, 15) is 14.7 Å². The van der Waals surface area contributed by atoms with E-state index < -0.39 is 0 Å². The maximum atomic E-state index is 12.7. The zero-order valence-corrected chi connectivity index (χ0v) is 17.8. The summed E-state index contributed by atoms with van der Waals surface area (Å²) in [4.78, 5) is 28.7. The second-order valence-corrected chi connectivity index (χ2v) is 7.75. The van der Waals surface area contributed by atoms with Gasteiger partial charge < -0.3 is 19.6 Å². The van der Waals surface area contributed by atoms with Gasteiger partial charge in [0.25, 0.3) is 11.8 Å². The van der Waals surface area contributed by atoms with E-state index >= 15 is 0 Å². The van der Waals surface area contributed by atoms with E-state index in [4.69, 9.17) is 4.74 Å². The number of para-hydroxylation sites is 2. The van der Waals surface area contributed by atoms with E-state index in [-0.39, 0.29) is 29.7 Å². The third-order valence-corrected chi connectivity index (χ3v) is 5.62. The van der Waals surface area contributed by atoms with Gasteiger partial charge in [-0.3, -0.25) is 9.59 Å². The maximum Gasteiger partial charge on any atom is 0.260 e. The topological polar surface area (TPSA) is 70.1 Å². The van der Waals surface area contributed by atoms with Gasteiger partial charge in [-0.1, -0.05) is 60.7 Å². The van der Waals surface area contributed by atoms with Crippen molar-refractivity contribution in [1.29, 1.82) is 0 Å². The molecule has 1 saturated heterocycles. The van der Waals surface area contributed by atoms with E-state index in [0.29, 0.717) is 31.9 Å². The van der Waals surface area contributed by atoms with Gasteiger partial charge in [0.05, 0.1) is 5.56 Å². The fourth-order valence-corrected chi connectivity index (χ4v) is 3.82.